The van der Waals surface area contributed by atoms with Gasteiger partial charge in [0.2, 0.25) is 11.9 Å². The first-order valence-corrected chi connectivity index (χ1v) is 9.71. The molecule has 152 valence electrons. The number of anilines is 2. The van der Waals surface area contributed by atoms with Crippen LogP contribution < -0.4 is 21.3 Å². The molecule has 4 N–H and O–H groups in total. The predicted molar refractivity (Wildman–Crippen MR) is 111 cm³/mol. The molecule has 1 saturated carbocycles. The normalized spacial score (nSPS) is 17.3. The van der Waals surface area contributed by atoms with Crippen LogP contribution >= 0.6 is 0 Å². The van der Waals surface area contributed by atoms with Gasteiger partial charge < -0.3 is 16.0 Å². The van der Waals surface area contributed by atoms with E-state index in [1.807, 2.05) is 25.1 Å². The first-order valence-electron chi connectivity index (χ1n) is 9.71. The number of imide groups is 1. The lowest BCUT2D eigenvalue weighted by molar-refractivity contribution is -0.115. The summed E-state index contributed by atoms with van der Waals surface area (Å²) in [5, 5.41) is 15.7. The van der Waals surface area contributed by atoms with Crippen LogP contribution in [0, 0.1) is 6.92 Å². The molecule has 3 aromatic rings. The number of fused-ring (bicyclic) bond motifs is 1. The Morgan fingerprint density at radius 1 is 1.23 bits per heavy atom. The van der Waals surface area contributed by atoms with Gasteiger partial charge in [0.15, 0.2) is 5.65 Å². The van der Waals surface area contributed by atoms with Crippen LogP contribution in [0.25, 0.3) is 11.7 Å². The summed E-state index contributed by atoms with van der Waals surface area (Å²) >= 11 is 0. The van der Waals surface area contributed by atoms with Gasteiger partial charge in [0.25, 0.3) is 5.91 Å². The molecule has 2 aromatic heterocycles. The average Bonchev–Trinajstić information content (AvgIpc) is 3.35. The monoisotopic (exact) mass is 404 g/mol. The number of carbonyl (C=O) groups excluding carboxylic acids is 2. The smallest absolute Gasteiger partial charge is 0.326 e. The third-order valence-corrected chi connectivity index (χ3v) is 4.86. The molecule has 10 heteroatoms. The Morgan fingerprint density at radius 3 is 2.83 bits per heavy atom. The van der Waals surface area contributed by atoms with E-state index in [2.05, 4.69) is 42.4 Å². The number of amides is 3. The van der Waals surface area contributed by atoms with Crippen LogP contribution in [0.15, 0.2) is 36.2 Å². The summed E-state index contributed by atoms with van der Waals surface area (Å²) in [4.78, 5) is 32.4. The highest BCUT2D eigenvalue weighted by atomic mass is 16.2. The molecule has 2 aliphatic rings. The Hall–Kier alpha value is -3.95. The molecule has 10 nitrogen and oxygen atoms in total. The highest BCUT2D eigenvalue weighted by Crippen LogP contribution is 2.25. The van der Waals surface area contributed by atoms with E-state index in [1.54, 1.807) is 16.8 Å². The van der Waals surface area contributed by atoms with Crippen molar-refractivity contribution in [3.05, 3.63) is 52.8 Å². The molecular weight excluding hydrogens is 384 g/mol. The first-order chi connectivity index (χ1) is 14.5. The number of nitrogens with one attached hydrogen (secondary N) is 4. The number of hydrogen-bond donors (Lipinski definition) is 4. The second kappa shape index (κ2) is 7.14. The lowest BCUT2D eigenvalue weighted by Gasteiger charge is -2.10. The fourth-order valence-electron chi connectivity index (χ4n) is 3.22. The third kappa shape index (κ3) is 3.66. The molecule has 1 saturated heterocycles. The molecule has 0 bridgehead atoms. The van der Waals surface area contributed by atoms with Crippen molar-refractivity contribution in [3.8, 4) is 0 Å². The number of aromatic nitrogens is 4. The highest BCUT2D eigenvalue weighted by Gasteiger charge is 2.25. The number of nitrogens with zero attached hydrogens (tertiary/aromatic N) is 4. The van der Waals surface area contributed by atoms with Gasteiger partial charge in [-0.15, -0.1) is 0 Å². The van der Waals surface area contributed by atoms with Crippen molar-refractivity contribution in [2.24, 2.45) is 0 Å². The van der Waals surface area contributed by atoms with E-state index in [9.17, 15) is 9.59 Å². The Morgan fingerprint density at radius 2 is 2.10 bits per heavy atom. The SMILES string of the molecule is Cc1cccc(CNc2nc(NC3CC3)n3ncc(/C=C4\NC(=O)NC4=O)c3n2)c1. The standard InChI is InChI=1S/C20H20N8O2/c1-11-3-2-4-12(7-11)9-21-18-25-16-13(8-15-17(29)26-20(30)24-15)10-22-28(16)19(27-18)23-14-5-6-14/h2-4,7-8,10,14H,5-6,9H2,1H3,(H2,21,23,25,27)(H2,24,26,29,30)/b15-8-. The summed E-state index contributed by atoms with van der Waals surface area (Å²) in [5.41, 5.74) is 3.59. The molecule has 3 heterocycles. The molecule has 5 rings (SSSR count). The minimum absolute atomic E-state index is 0.152. The van der Waals surface area contributed by atoms with Crippen molar-refractivity contribution < 1.29 is 9.59 Å². The Balaban J connectivity index is 1.50. The molecule has 1 aromatic carbocycles. The summed E-state index contributed by atoms with van der Waals surface area (Å²) < 4.78 is 1.61. The van der Waals surface area contributed by atoms with Gasteiger partial charge in [-0.2, -0.15) is 19.6 Å². The van der Waals surface area contributed by atoms with Crippen LogP contribution in [-0.2, 0) is 11.3 Å². The van der Waals surface area contributed by atoms with E-state index >= 15 is 0 Å². The van der Waals surface area contributed by atoms with Gasteiger partial charge in [0.05, 0.1) is 6.20 Å². The second-order valence-electron chi connectivity index (χ2n) is 7.43. The quantitative estimate of drug-likeness (QED) is 0.365. The van der Waals surface area contributed by atoms with Gasteiger partial charge in [-0.3, -0.25) is 10.1 Å². The molecule has 1 aliphatic carbocycles. The fourth-order valence-corrected chi connectivity index (χ4v) is 3.22. The van der Waals surface area contributed by atoms with Crippen molar-refractivity contribution in [2.45, 2.75) is 32.4 Å². The van der Waals surface area contributed by atoms with Gasteiger partial charge >= 0.3 is 6.03 Å². The largest absolute Gasteiger partial charge is 0.351 e. The Labute approximate surface area is 171 Å². The highest BCUT2D eigenvalue weighted by molar-refractivity contribution is 6.14. The number of carbonyl (C=O) groups is 2. The zero-order valence-corrected chi connectivity index (χ0v) is 16.3. The number of rotatable bonds is 6. The van der Waals surface area contributed by atoms with E-state index in [-0.39, 0.29) is 5.70 Å². The Kier molecular flexibility index (Phi) is 4.31. The van der Waals surface area contributed by atoms with Crippen LogP contribution in [0.2, 0.25) is 0 Å². The van der Waals surface area contributed by atoms with E-state index in [0.29, 0.717) is 35.7 Å². The average molecular weight is 404 g/mol. The second-order valence-corrected chi connectivity index (χ2v) is 7.43. The number of aryl methyl sites for hydroxylation is 1. The van der Waals surface area contributed by atoms with Crippen molar-refractivity contribution in [1.82, 2.24) is 30.2 Å². The molecule has 3 amide bonds. The maximum Gasteiger partial charge on any atom is 0.326 e. The molecular formula is C20H20N8O2. The topological polar surface area (TPSA) is 125 Å². The van der Waals surface area contributed by atoms with Crippen molar-refractivity contribution in [2.75, 3.05) is 10.6 Å². The molecule has 30 heavy (non-hydrogen) atoms. The van der Waals surface area contributed by atoms with E-state index < -0.39 is 11.9 Å². The Bertz CT molecular complexity index is 1190. The maximum atomic E-state index is 11.9. The molecule has 1 aliphatic heterocycles. The summed E-state index contributed by atoms with van der Waals surface area (Å²) in [6.45, 7) is 2.62. The van der Waals surface area contributed by atoms with Gasteiger partial charge in [0, 0.05) is 18.2 Å². The van der Waals surface area contributed by atoms with E-state index in [1.165, 1.54) is 5.56 Å². The van der Waals surface area contributed by atoms with Crippen molar-refractivity contribution in [1.29, 1.82) is 0 Å². The zero-order chi connectivity index (χ0) is 20.7. The van der Waals surface area contributed by atoms with Crippen LogP contribution in [0.5, 0.6) is 0 Å². The van der Waals surface area contributed by atoms with Crippen molar-refractivity contribution >= 4 is 35.6 Å². The van der Waals surface area contributed by atoms with Crippen molar-refractivity contribution in [3.63, 3.8) is 0 Å². The van der Waals surface area contributed by atoms with Gasteiger partial charge in [0.1, 0.15) is 5.70 Å². The van der Waals surface area contributed by atoms with Gasteiger partial charge in [-0.25, -0.2) is 4.79 Å². The fraction of sp³-hybridized carbons (Fsp3) is 0.250. The number of hydrogen-bond acceptors (Lipinski definition) is 7. The molecule has 0 atom stereocenters. The molecule has 0 spiro atoms. The first kappa shape index (κ1) is 18.1. The minimum Gasteiger partial charge on any atom is -0.351 e. The van der Waals surface area contributed by atoms with E-state index in [4.69, 9.17) is 0 Å². The molecule has 0 radical (unpaired) electrons. The van der Waals surface area contributed by atoms with Crippen LogP contribution in [0.1, 0.15) is 29.5 Å². The predicted octanol–water partition coefficient (Wildman–Crippen LogP) is 1.80. The molecule has 0 unspecified atom stereocenters. The minimum atomic E-state index is -0.547. The summed E-state index contributed by atoms with van der Waals surface area (Å²) in [6, 6.07) is 8.03. The number of benzene rings is 1. The number of urea groups is 1. The van der Waals surface area contributed by atoms with Gasteiger partial charge in [-0.1, -0.05) is 29.8 Å². The van der Waals surface area contributed by atoms with Gasteiger partial charge in [-0.05, 0) is 31.4 Å². The maximum absolute atomic E-state index is 11.9. The summed E-state index contributed by atoms with van der Waals surface area (Å²) in [6.07, 6.45) is 5.32. The summed E-state index contributed by atoms with van der Waals surface area (Å²) in [5.74, 6) is 0.550. The zero-order valence-electron chi connectivity index (χ0n) is 16.3. The van der Waals surface area contributed by atoms with Crippen LogP contribution in [0.3, 0.4) is 0 Å². The lowest BCUT2D eigenvalue weighted by Crippen LogP contribution is -2.22. The third-order valence-electron chi connectivity index (χ3n) is 4.86. The molecule has 2 fully saturated rings. The lowest BCUT2D eigenvalue weighted by atomic mass is 10.1. The van der Waals surface area contributed by atoms with E-state index in [0.717, 1.165) is 18.4 Å². The summed E-state index contributed by atoms with van der Waals surface area (Å²) in [7, 11) is 0. The van der Waals surface area contributed by atoms with Crippen LogP contribution in [0.4, 0.5) is 16.7 Å². The van der Waals surface area contributed by atoms with Crippen LogP contribution in [-0.4, -0.2) is 37.6 Å².